The summed E-state index contributed by atoms with van der Waals surface area (Å²) >= 11 is 0. The van der Waals surface area contributed by atoms with Gasteiger partial charge < -0.3 is 4.74 Å². The van der Waals surface area contributed by atoms with Crippen LogP contribution in [0.5, 0.6) is 5.75 Å². The van der Waals surface area contributed by atoms with Crippen molar-refractivity contribution in [1.82, 2.24) is 0 Å². The van der Waals surface area contributed by atoms with E-state index < -0.39 is 18.3 Å². The second kappa shape index (κ2) is 10.2. The second-order valence-electron chi connectivity index (χ2n) is 6.83. The van der Waals surface area contributed by atoms with Gasteiger partial charge in [0.2, 0.25) is 0 Å². The number of alkyl halides is 2. The maximum absolute atomic E-state index is 14.0. The van der Waals surface area contributed by atoms with Crippen molar-refractivity contribution in [3.05, 3.63) is 42.5 Å². The number of rotatable bonds is 11. The smallest absolute Gasteiger partial charge is 0.382 e. The number of fused-ring (bicyclic) bond motifs is 1. The van der Waals surface area contributed by atoms with Crippen LogP contribution in [-0.4, -0.2) is 11.9 Å². The molecule has 0 N–H and O–H groups in total. The predicted octanol–water partition coefficient (Wildman–Crippen LogP) is 6.91. The van der Waals surface area contributed by atoms with E-state index in [-0.39, 0.29) is 5.75 Å². The summed E-state index contributed by atoms with van der Waals surface area (Å²) in [7, 11) is 0. The van der Waals surface area contributed by atoms with E-state index in [9.17, 15) is 13.6 Å². The topological polar surface area (TPSA) is 26.3 Å². The van der Waals surface area contributed by atoms with E-state index in [0.29, 0.717) is 6.42 Å². The highest BCUT2D eigenvalue weighted by Gasteiger charge is 2.40. The molecule has 0 saturated carbocycles. The van der Waals surface area contributed by atoms with Crippen LogP contribution in [0.1, 0.15) is 64.7 Å². The van der Waals surface area contributed by atoms with E-state index in [1.165, 1.54) is 19.3 Å². The SMILES string of the molecule is CCCCCCCCCCC(F)(F)C(=O)Oc1ccc2ccccc2c1. The van der Waals surface area contributed by atoms with E-state index in [1.54, 1.807) is 18.2 Å². The molecule has 0 aliphatic carbocycles. The summed E-state index contributed by atoms with van der Waals surface area (Å²) in [6.07, 6.45) is 7.45. The molecular weight excluding hydrogens is 334 g/mol. The first-order valence-corrected chi connectivity index (χ1v) is 9.62. The molecule has 0 aliphatic heterocycles. The Balaban J connectivity index is 1.75. The van der Waals surface area contributed by atoms with E-state index in [2.05, 4.69) is 6.92 Å². The van der Waals surface area contributed by atoms with Gasteiger partial charge >= 0.3 is 11.9 Å². The molecule has 26 heavy (non-hydrogen) atoms. The summed E-state index contributed by atoms with van der Waals surface area (Å²) in [5.41, 5.74) is 0. The van der Waals surface area contributed by atoms with Crippen LogP contribution in [0.15, 0.2) is 42.5 Å². The van der Waals surface area contributed by atoms with Crippen LogP contribution in [0.2, 0.25) is 0 Å². The maximum Gasteiger partial charge on any atom is 0.382 e. The molecule has 0 radical (unpaired) electrons. The van der Waals surface area contributed by atoms with Crippen molar-refractivity contribution in [2.75, 3.05) is 0 Å². The Kier molecular flexibility index (Phi) is 8.02. The van der Waals surface area contributed by atoms with Gasteiger partial charge in [0.1, 0.15) is 5.75 Å². The fourth-order valence-electron chi connectivity index (χ4n) is 3.00. The molecule has 0 fully saturated rings. The molecule has 0 bridgehead atoms. The number of esters is 1. The predicted molar refractivity (Wildman–Crippen MR) is 102 cm³/mol. The van der Waals surface area contributed by atoms with E-state index >= 15 is 0 Å². The lowest BCUT2D eigenvalue weighted by Gasteiger charge is -2.15. The fraction of sp³-hybridized carbons (Fsp3) is 0.500. The summed E-state index contributed by atoms with van der Waals surface area (Å²) in [6.45, 7) is 2.17. The molecule has 0 saturated heterocycles. The first kappa shape index (κ1) is 20.3. The van der Waals surface area contributed by atoms with Gasteiger partial charge in [-0.05, 0) is 29.3 Å². The van der Waals surface area contributed by atoms with Crippen molar-refractivity contribution in [3.63, 3.8) is 0 Å². The van der Waals surface area contributed by atoms with Crippen molar-refractivity contribution < 1.29 is 18.3 Å². The van der Waals surface area contributed by atoms with Crippen molar-refractivity contribution >= 4 is 16.7 Å². The quantitative estimate of drug-likeness (QED) is 0.246. The van der Waals surface area contributed by atoms with E-state index in [1.807, 2.05) is 24.3 Å². The lowest BCUT2D eigenvalue weighted by atomic mass is 10.1. The molecule has 0 spiro atoms. The minimum absolute atomic E-state index is 0.157. The summed E-state index contributed by atoms with van der Waals surface area (Å²) in [4.78, 5) is 11.8. The molecule has 2 nitrogen and oxygen atoms in total. The van der Waals surface area contributed by atoms with Gasteiger partial charge in [0.15, 0.2) is 0 Å². The molecule has 4 heteroatoms. The van der Waals surface area contributed by atoms with Crippen LogP contribution in [0.25, 0.3) is 10.8 Å². The standard InChI is InChI=1S/C22H28F2O2/c1-2-3-4-5-6-7-8-11-16-22(23,24)21(25)26-20-15-14-18-12-9-10-13-19(18)17-20/h9-10,12-15,17H,2-8,11,16H2,1H3. The third-order valence-electron chi connectivity index (χ3n) is 4.57. The third-order valence-corrected chi connectivity index (χ3v) is 4.57. The van der Waals surface area contributed by atoms with Gasteiger partial charge in [-0.3, -0.25) is 0 Å². The molecular formula is C22H28F2O2. The zero-order valence-electron chi connectivity index (χ0n) is 15.5. The van der Waals surface area contributed by atoms with E-state index in [0.717, 1.165) is 36.5 Å². The Morgan fingerprint density at radius 2 is 1.50 bits per heavy atom. The van der Waals surface area contributed by atoms with Gasteiger partial charge in [0.05, 0.1) is 0 Å². The van der Waals surface area contributed by atoms with Gasteiger partial charge in [0, 0.05) is 6.42 Å². The molecule has 0 heterocycles. The third kappa shape index (κ3) is 6.40. The average Bonchev–Trinajstić information content (AvgIpc) is 2.63. The Labute approximate surface area is 154 Å². The number of halogens is 2. The van der Waals surface area contributed by atoms with E-state index in [4.69, 9.17) is 4.74 Å². The molecule has 0 amide bonds. The molecule has 0 aromatic heterocycles. The van der Waals surface area contributed by atoms with Crippen LogP contribution in [0.4, 0.5) is 8.78 Å². The molecule has 0 aliphatic rings. The summed E-state index contributed by atoms with van der Waals surface area (Å²) in [5, 5.41) is 1.82. The number of hydrogen-bond acceptors (Lipinski definition) is 2. The van der Waals surface area contributed by atoms with Crippen molar-refractivity contribution in [3.8, 4) is 5.75 Å². The molecule has 2 aromatic carbocycles. The van der Waals surface area contributed by atoms with Crippen molar-refractivity contribution in [2.45, 2.75) is 70.6 Å². The van der Waals surface area contributed by atoms with Crippen LogP contribution in [0.3, 0.4) is 0 Å². The molecule has 2 rings (SSSR count). The monoisotopic (exact) mass is 362 g/mol. The van der Waals surface area contributed by atoms with Gasteiger partial charge in [-0.25, -0.2) is 4.79 Å². The van der Waals surface area contributed by atoms with Crippen LogP contribution < -0.4 is 4.74 Å². The minimum Gasteiger partial charge on any atom is -0.422 e. The number of ether oxygens (including phenoxy) is 1. The Morgan fingerprint density at radius 3 is 2.19 bits per heavy atom. The molecule has 0 atom stereocenters. The van der Waals surface area contributed by atoms with Crippen LogP contribution >= 0.6 is 0 Å². The number of hydrogen-bond donors (Lipinski definition) is 0. The number of unbranched alkanes of at least 4 members (excludes halogenated alkanes) is 7. The number of carbonyl (C=O) groups is 1. The van der Waals surface area contributed by atoms with Crippen LogP contribution in [0, 0.1) is 0 Å². The summed E-state index contributed by atoms with van der Waals surface area (Å²) in [5.74, 6) is -4.74. The first-order chi connectivity index (χ1) is 12.5. The summed E-state index contributed by atoms with van der Waals surface area (Å²) < 4.78 is 33.0. The molecule has 2 aromatic rings. The lowest BCUT2D eigenvalue weighted by Crippen LogP contribution is -2.32. The highest BCUT2D eigenvalue weighted by atomic mass is 19.3. The van der Waals surface area contributed by atoms with Crippen LogP contribution in [-0.2, 0) is 4.79 Å². The highest BCUT2D eigenvalue weighted by Crippen LogP contribution is 2.27. The minimum atomic E-state index is -3.44. The highest BCUT2D eigenvalue weighted by molar-refractivity contribution is 5.85. The normalized spacial score (nSPS) is 11.7. The molecule has 0 unspecified atom stereocenters. The first-order valence-electron chi connectivity index (χ1n) is 9.62. The van der Waals surface area contributed by atoms with Gasteiger partial charge in [-0.15, -0.1) is 0 Å². The van der Waals surface area contributed by atoms with Crippen molar-refractivity contribution in [1.29, 1.82) is 0 Å². The fourth-order valence-corrected chi connectivity index (χ4v) is 3.00. The van der Waals surface area contributed by atoms with Gasteiger partial charge in [-0.2, -0.15) is 8.78 Å². The Bertz CT molecular complexity index is 697. The average molecular weight is 362 g/mol. The van der Waals surface area contributed by atoms with Gasteiger partial charge in [0.25, 0.3) is 0 Å². The second-order valence-corrected chi connectivity index (χ2v) is 6.83. The summed E-state index contributed by atoms with van der Waals surface area (Å²) in [6, 6.07) is 12.4. The zero-order chi connectivity index (χ0) is 18.8. The zero-order valence-corrected chi connectivity index (χ0v) is 15.5. The largest absolute Gasteiger partial charge is 0.422 e. The van der Waals surface area contributed by atoms with Gasteiger partial charge in [-0.1, -0.05) is 82.2 Å². The molecule has 142 valence electrons. The van der Waals surface area contributed by atoms with Crippen molar-refractivity contribution in [2.24, 2.45) is 0 Å². The maximum atomic E-state index is 14.0. The number of carbonyl (C=O) groups excluding carboxylic acids is 1. The Morgan fingerprint density at radius 1 is 0.885 bits per heavy atom. The number of benzene rings is 2. The Hall–Kier alpha value is -1.97. The lowest BCUT2D eigenvalue weighted by molar-refractivity contribution is -0.162.